The SMILES string of the molecule is Cc1ccc(Cl)cc1S(=O)(=O)N(CCCN1CCOCC1)[C@@H]1CCS(=O)(=O)C1. The molecule has 0 unspecified atom stereocenters. The summed E-state index contributed by atoms with van der Waals surface area (Å²) in [5.74, 6) is -0.0922. The third kappa shape index (κ3) is 5.25. The summed E-state index contributed by atoms with van der Waals surface area (Å²) in [4.78, 5) is 2.39. The number of halogens is 1. The Morgan fingerprint density at radius 3 is 2.64 bits per heavy atom. The standard InChI is InChI=1S/C18H27ClN2O5S2/c1-15-3-4-16(19)13-18(15)28(24,25)21(17-5-12-27(22,23)14-17)7-2-6-20-8-10-26-11-9-20/h3-4,13,17H,2,5-12,14H2,1H3/t17-/m1/s1. The average Bonchev–Trinajstić information content (AvgIpc) is 3.00. The molecule has 0 radical (unpaired) electrons. The van der Waals surface area contributed by atoms with E-state index in [1.165, 1.54) is 10.4 Å². The van der Waals surface area contributed by atoms with Crippen molar-refractivity contribution in [1.29, 1.82) is 0 Å². The number of rotatable bonds is 7. The van der Waals surface area contributed by atoms with Crippen LogP contribution in [0.5, 0.6) is 0 Å². The second kappa shape index (κ2) is 8.97. The number of hydrogen-bond donors (Lipinski definition) is 0. The van der Waals surface area contributed by atoms with Crippen LogP contribution in [-0.2, 0) is 24.6 Å². The van der Waals surface area contributed by atoms with Crippen molar-refractivity contribution < 1.29 is 21.6 Å². The number of sulfone groups is 1. The first-order chi connectivity index (χ1) is 13.2. The van der Waals surface area contributed by atoms with E-state index in [9.17, 15) is 16.8 Å². The number of benzene rings is 1. The van der Waals surface area contributed by atoms with Crippen LogP contribution in [0, 0.1) is 6.92 Å². The van der Waals surface area contributed by atoms with Crippen LogP contribution < -0.4 is 0 Å². The normalized spacial score (nSPS) is 23.3. The molecule has 2 aliphatic heterocycles. The van der Waals surface area contributed by atoms with Gasteiger partial charge >= 0.3 is 0 Å². The highest BCUT2D eigenvalue weighted by molar-refractivity contribution is 7.92. The van der Waals surface area contributed by atoms with Crippen molar-refractivity contribution in [3.8, 4) is 0 Å². The Balaban J connectivity index is 1.81. The Hall–Kier alpha value is -0.710. The first kappa shape index (κ1) is 22.0. The lowest BCUT2D eigenvalue weighted by molar-refractivity contribution is 0.0367. The maximum Gasteiger partial charge on any atom is 0.243 e. The third-order valence-electron chi connectivity index (χ3n) is 5.31. The Morgan fingerprint density at radius 2 is 2.00 bits per heavy atom. The zero-order chi connectivity index (χ0) is 20.4. The fourth-order valence-corrected chi connectivity index (χ4v) is 7.76. The van der Waals surface area contributed by atoms with Crippen LogP contribution in [0.25, 0.3) is 0 Å². The lowest BCUT2D eigenvalue weighted by Crippen LogP contribution is -2.43. The molecule has 0 aromatic heterocycles. The highest BCUT2D eigenvalue weighted by Crippen LogP contribution is 2.28. The Kier molecular flexibility index (Phi) is 7.05. The van der Waals surface area contributed by atoms with Gasteiger partial charge in [0.2, 0.25) is 10.0 Å². The molecule has 0 saturated carbocycles. The van der Waals surface area contributed by atoms with Gasteiger partial charge in [0.25, 0.3) is 0 Å². The molecule has 28 heavy (non-hydrogen) atoms. The van der Waals surface area contributed by atoms with Crippen molar-refractivity contribution in [2.45, 2.75) is 30.7 Å². The van der Waals surface area contributed by atoms with Crippen LogP contribution in [-0.4, -0.2) is 83.0 Å². The van der Waals surface area contributed by atoms with Crippen molar-refractivity contribution >= 4 is 31.5 Å². The van der Waals surface area contributed by atoms with Gasteiger partial charge in [-0.25, -0.2) is 16.8 Å². The molecule has 0 N–H and O–H groups in total. The summed E-state index contributed by atoms with van der Waals surface area (Å²) >= 11 is 6.04. The fraction of sp³-hybridized carbons (Fsp3) is 0.667. The Bertz CT molecular complexity index is 899. The molecule has 0 bridgehead atoms. The number of hydrogen-bond acceptors (Lipinski definition) is 6. The number of ether oxygens (including phenoxy) is 1. The van der Waals surface area contributed by atoms with Crippen LogP contribution in [0.2, 0.25) is 5.02 Å². The van der Waals surface area contributed by atoms with Gasteiger partial charge in [0.05, 0.1) is 29.6 Å². The van der Waals surface area contributed by atoms with Crippen LogP contribution in [0.4, 0.5) is 0 Å². The number of nitrogens with zero attached hydrogens (tertiary/aromatic N) is 2. The minimum absolute atomic E-state index is 0.0294. The van der Waals surface area contributed by atoms with E-state index in [0.717, 1.165) is 19.6 Å². The molecule has 0 aliphatic carbocycles. The van der Waals surface area contributed by atoms with Crippen molar-refractivity contribution in [2.75, 3.05) is 50.9 Å². The van der Waals surface area contributed by atoms with Crippen LogP contribution in [0.15, 0.2) is 23.1 Å². The summed E-state index contributed by atoms with van der Waals surface area (Å²) < 4.78 is 57.5. The maximum absolute atomic E-state index is 13.4. The summed E-state index contributed by atoms with van der Waals surface area (Å²) in [7, 11) is -7.06. The monoisotopic (exact) mass is 450 g/mol. The van der Waals surface area contributed by atoms with Crippen molar-refractivity contribution in [2.24, 2.45) is 0 Å². The molecule has 7 nitrogen and oxygen atoms in total. The minimum atomic E-state index is -3.85. The van der Waals surface area contributed by atoms with Gasteiger partial charge in [0.15, 0.2) is 9.84 Å². The van der Waals surface area contributed by atoms with E-state index in [0.29, 0.717) is 36.6 Å². The maximum atomic E-state index is 13.4. The minimum Gasteiger partial charge on any atom is -0.379 e. The van der Waals surface area contributed by atoms with Crippen molar-refractivity contribution in [3.05, 3.63) is 28.8 Å². The molecule has 2 saturated heterocycles. The van der Waals surface area contributed by atoms with Crippen molar-refractivity contribution in [3.63, 3.8) is 0 Å². The second-order valence-electron chi connectivity index (χ2n) is 7.39. The largest absolute Gasteiger partial charge is 0.379 e. The van der Waals surface area contributed by atoms with Crippen LogP contribution in [0.1, 0.15) is 18.4 Å². The Morgan fingerprint density at radius 1 is 1.29 bits per heavy atom. The van der Waals surface area contributed by atoms with Gasteiger partial charge < -0.3 is 4.74 Å². The van der Waals surface area contributed by atoms with Gasteiger partial charge in [-0.3, -0.25) is 4.90 Å². The molecule has 0 amide bonds. The molecule has 1 atom stereocenters. The van der Waals surface area contributed by atoms with Gasteiger partial charge in [-0.1, -0.05) is 17.7 Å². The van der Waals surface area contributed by atoms with Gasteiger partial charge in [-0.2, -0.15) is 4.31 Å². The van der Waals surface area contributed by atoms with Gasteiger partial charge in [-0.15, -0.1) is 0 Å². The highest BCUT2D eigenvalue weighted by atomic mass is 35.5. The van der Waals surface area contributed by atoms with E-state index in [1.54, 1.807) is 19.1 Å². The van der Waals surface area contributed by atoms with Crippen LogP contribution >= 0.6 is 11.6 Å². The first-order valence-corrected chi connectivity index (χ1v) is 13.1. The van der Waals surface area contributed by atoms with Crippen molar-refractivity contribution in [1.82, 2.24) is 9.21 Å². The second-order valence-corrected chi connectivity index (χ2v) is 11.9. The number of sulfonamides is 1. The summed E-state index contributed by atoms with van der Waals surface area (Å²) in [5.41, 5.74) is 0.600. The molecule has 3 rings (SSSR count). The van der Waals surface area contributed by atoms with Gasteiger partial charge in [0, 0.05) is 30.7 Å². The summed E-state index contributed by atoms with van der Waals surface area (Å²) in [6, 6.07) is 4.24. The molecule has 2 fully saturated rings. The molecule has 0 spiro atoms. The number of morpholine rings is 1. The lowest BCUT2D eigenvalue weighted by Gasteiger charge is -2.30. The van der Waals surface area contributed by atoms with E-state index in [2.05, 4.69) is 4.90 Å². The van der Waals surface area contributed by atoms with E-state index < -0.39 is 25.9 Å². The topological polar surface area (TPSA) is 84.0 Å². The molecule has 1 aromatic rings. The zero-order valence-electron chi connectivity index (χ0n) is 16.0. The summed E-state index contributed by atoms with van der Waals surface area (Å²) in [6.07, 6.45) is 0.966. The fourth-order valence-electron chi connectivity index (χ4n) is 3.75. The number of aryl methyl sites for hydroxylation is 1. The zero-order valence-corrected chi connectivity index (χ0v) is 18.4. The molecule has 158 valence electrons. The summed E-state index contributed by atoms with van der Waals surface area (Å²) in [6.45, 7) is 5.79. The molecule has 1 aromatic carbocycles. The van der Waals surface area contributed by atoms with E-state index in [1.807, 2.05) is 0 Å². The molecule has 2 heterocycles. The molecule has 10 heteroatoms. The molecular weight excluding hydrogens is 424 g/mol. The molecule has 2 aliphatic rings. The first-order valence-electron chi connectivity index (χ1n) is 9.47. The molecular formula is C18H27ClN2O5S2. The smallest absolute Gasteiger partial charge is 0.243 e. The summed E-state index contributed by atoms with van der Waals surface area (Å²) in [5, 5.41) is 0.344. The van der Waals surface area contributed by atoms with Crippen LogP contribution in [0.3, 0.4) is 0 Å². The van der Waals surface area contributed by atoms with E-state index >= 15 is 0 Å². The Labute approximate surface area is 172 Å². The van der Waals surface area contributed by atoms with Gasteiger partial charge in [-0.05, 0) is 44.0 Å². The van der Waals surface area contributed by atoms with E-state index in [-0.39, 0.29) is 22.9 Å². The quantitative estimate of drug-likeness (QED) is 0.626. The lowest BCUT2D eigenvalue weighted by atomic mass is 10.2. The predicted molar refractivity (Wildman–Crippen MR) is 109 cm³/mol. The van der Waals surface area contributed by atoms with Gasteiger partial charge in [0.1, 0.15) is 0 Å². The predicted octanol–water partition coefficient (Wildman–Crippen LogP) is 1.55. The average molecular weight is 451 g/mol. The highest BCUT2D eigenvalue weighted by Gasteiger charge is 2.39. The third-order valence-corrected chi connectivity index (χ3v) is 9.39. The van der Waals surface area contributed by atoms with E-state index in [4.69, 9.17) is 16.3 Å².